The molecule has 0 aliphatic rings. The lowest BCUT2D eigenvalue weighted by molar-refractivity contribution is -0.139. The zero-order valence-corrected chi connectivity index (χ0v) is 16.7. The van der Waals surface area contributed by atoms with Crippen molar-refractivity contribution in [3.05, 3.63) is 81.0 Å². The zero-order valence-electron chi connectivity index (χ0n) is 15.9. The highest BCUT2D eigenvalue weighted by Gasteiger charge is 2.11. The number of benzene rings is 1. The Labute approximate surface area is 170 Å². The molecule has 1 N–H and O–H groups in total. The topological polar surface area (TPSA) is 89.9 Å². The van der Waals surface area contributed by atoms with E-state index in [0.717, 1.165) is 22.6 Å². The largest absolute Gasteiger partial charge is 0.454 e. The first-order valence-electron chi connectivity index (χ1n) is 8.96. The first-order chi connectivity index (χ1) is 14.0. The molecule has 0 saturated heterocycles. The Bertz CT molecular complexity index is 1270. The highest BCUT2D eigenvalue weighted by atomic mass is 32.1. The average molecular weight is 406 g/mol. The van der Waals surface area contributed by atoms with Crippen LogP contribution in [0.2, 0.25) is 0 Å². The van der Waals surface area contributed by atoms with Crippen LogP contribution in [0.3, 0.4) is 0 Å². The number of hydrogen-bond donors (Lipinski definition) is 1. The van der Waals surface area contributed by atoms with Gasteiger partial charge in [0.25, 0.3) is 5.56 Å². The van der Waals surface area contributed by atoms with Crippen molar-refractivity contribution in [3.63, 3.8) is 0 Å². The van der Waals surface area contributed by atoms with Gasteiger partial charge in [-0.05, 0) is 43.5 Å². The van der Waals surface area contributed by atoms with Crippen LogP contribution in [0.1, 0.15) is 22.8 Å². The molecule has 0 aliphatic carbocycles. The third-order valence-corrected chi connectivity index (χ3v) is 5.35. The number of nitrogens with zero attached hydrogens (tertiary/aromatic N) is 3. The fourth-order valence-electron chi connectivity index (χ4n) is 3.05. The number of fused-ring (bicyclic) bond motifs is 1. The van der Waals surface area contributed by atoms with Crippen molar-refractivity contribution < 1.29 is 9.53 Å². The number of para-hydroxylation sites is 1. The Morgan fingerprint density at radius 2 is 2.03 bits per heavy atom. The van der Waals surface area contributed by atoms with E-state index >= 15 is 0 Å². The van der Waals surface area contributed by atoms with E-state index in [1.807, 2.05) is 48.9 Å². The SMILES string of the molecule is Cc1nn(-c2ccccc2)c(C)c1/C=C/C(=O)OCc1nc2ccsc2c(=O)[nH]1. The summed E-state index contributed by atoms with van der Waals surface area (Å²) in [5.41, 5.74) is 3.91. The molecule has 0 fully saturated rings. The second-order valence-electron chi connectivity index (χ2n) is 6.42. The van der Waals surface area contributed by atoms with Crippen molar-refractivity contribution in [1.82, 2.24) is 19.7 Å². The van der Waals surface area contributed by atoms with Gasteiger partial charge in [-0.3, -0.25) is 4.79 Å². The van der Waals surface area contributed by atoms with Crippen molar-refractivity contribution >= 4 is 33.6 Å². The predicted molar refractivity (Wildman–Crippen MR) is 112 cm³/mol. The number of H-pyrrole nitrogens is 1. The molecule has 0 unspecified atom stereocenters. The minimum Gasteiger partial charge on any atom is -0.454 e. The highest BCUT2D eigenvalue weighted by molar-refractivity contribution is 7.17. The smallest absolute Gasteiger partial charge is 0.331 e. The van der Waals surface area contributed by atoms with E-state index in [4.69, 9.17) is 4.74 Å². The van der Waals surface area contributed by atoms with Crippen LogP contribution < -0.4 is 5.56 Å². The number of rotatable bonds is 5. The molecular weight excluding hydrogens is 388 g/mol. The van der Waals surface area contributed by atoms with Gasteiger partial charge in [0.1, 0.15) is 17.1 Å². The Morgan fingerprint density at radius 3 is 2.83 bits per heavy atom. The molecule has 29 heavy (non-hydrogen) atoms. The highest BCUT2D eigenvalue weighted by Crippen LogP contribution is 2.19. The molecule has 1 aromatic carbocycles. The van der Waals surface area contributed by atoms with Crippen LogP contribution in [-0.4, -0.2) is 25.7 Å². The summed E-state index contributed by atoms with van der Waals surface area (Å²) in [5, 5.41) is 6.35. The molecule has 0 saturated carbocycles. The van der Waals surface area contributed by atoms with E-state index in [1.165, 1.54) is 17.4 Å². The lowest BCUT2D eigenvalue weighted by atomic mass is 10.2. The molecule has 3 heterocycles. The summed E-state index contributed by atoms with van der Waals surface area (Å²) in [5.74, 6) is -0.212. The molecule has 0 aliphatic heterocycles. The second kappa shape index (κ2) is 7.84. The van der Waals surface area contributed by atoms with Crippen LogP contribution in [-0.2, 0) is 16.1 Å². The second-order valence-corrected chi connectivity index (χ2v) is 7.34. The van der Waals surface area contributed by atoms with E-state index in [0.29, 0.717) is 16.0 Å². The number of aromatic nitrogens is 4. The van der Waals surface area contributed by atoms with Crippen LogP contribution in [0, 0.1) is 13.8 Å². The number of aryl methyl sites for hydroxylation is 1. The molecule has 3 aromatic heterocycles. The van der Waals surface area contributed by atoms with E-state index in [2.05, 4.69) is 15.1 Å². The first-order valence-corrected chi connectivity index (χ1v) is 9.84. The van der Waals surface area contributed by atoms with Gasteiger partial charge >= 0.3 is 5.97 Å². The van der Waals surface area contributed by atoms with E-state index in [1.54, 1.807) is 17.5 Å². The molecule has 7 nitrogen and oxygen atoms in total. The number of thiophene rings is 1. The van der Waals surface area contributed by atoms with Gasteiger partial charge in [0, 0.05) is 17.3 Å². The Kier molecular flexibility index (Phi) is 5.09. The molecule has 0 spiro atoms. The summed E-state index contributed by atoms with van der Waals surface area (Å²) in [6.07, 6.45) is 3.05. The van der Waals surface area contributed by atoms with Crippen molar-refractivity contribution in [2.45, 2.75) is 20.5 Å². The molecule has 0 atom stereocenters. The van der Waals surface area contributed by atoms with Crippen LogP contribution in [0.4, 0.5) is 0 Å². The van der Waals surface area contributed by atoms with Gasteiger partial charge in [0.15, 0.2) is 0 Å². The van der Waals surface area contributed by atoms with Gasteiger partial charge < -0.3 is 9.72 Å². The fraction of sp³-hybridized carbons (Fsp3) is 0.143. The number of esters is 1. The summed E-state index contributed by atoms with van der Waals surface area (Å²) < 4.78 is 7.61. The number of hydrogen-bond acceptors (Lipinski definition) is 6. The summed E-state index contributed by atoms with van der Waals surface area (Å²) in [6.45, 7) is 3.73. The van der Waals surface area contributed by atoms with E-state index in [-0.39, 0.29) is 12.2 Å². The van der Waals surface area contributed by atoms with Gasteiger partial charge in [0.05, 0.1) is 16.9 Å². The lowest BCUT2D eigenvalue weighted by Gasteiger charge is -2.04. The first kappa shape index (κ1) is 18.8. The van der Waals surface area contributed by atoms with Crippen LogP contribution >= 0.6 is 11.3 Å². The Morgan fingerprint density at radius 1 is 1.24 bits per heavy atom. The van der Waals surface area contributed by atoms with Crippen LogP contribution in [0.25, 0.3) is 22.0 Å². The van der Waals surface area contributed by atoms with Crippen molar-refractivity contribution in [3.8, 4) is 5.69 Å². The Balaban J connectivity index is 1.47. The number of carbonyl (C=O) groups excluding carboxylic acids is 1. The molecular formula is C21H18N4O3S. The monoisotopic (exact) mass is 406 g/mol. The summed E-state index contributed by atoms with van der Waals surface area (Å²) in [6, 6.07) is 11.5. The van der Waals surface area contributed by atoms with Crippen molar-refractivity contribution in [1.29, 1.82) is 0 Å². The molecule has 0 bridgehead atoms. The van der Waals surface area contributed by atoms with Gasteiger partial charge in [-0.2, -0.15) is 5.10 Å². The van der Waals surface area contributed by atoms with Crippen molar-refractivity contribution in [2.24, 2.45) is 0 Å². The standard InChI is InChI=1S/C21H18N4O3S/c1-13-16(14(2)25(24-13)15-6-4-3-5-7-15)8-9-19(26)28-12-18-22-17-10-11-29-20(17)21(27)23-18/h3-11H,12H2,1-2H3,(H,22,23,27)/b9-8+. The van der Waals surface area contributed by atoms with E-state index < -0.39 is 5.97 Å². The predicted octanol–water partition coefficient (Wildman–Crippen LogP) is 3.54. The summed E-state index contributed by atoms with van der Waals surface area (Å²) in [4.78, 5) is 31.0. The summed E-state index contributed by atoms with van der Waals surface area (Å²) in [7, 11) is 0. The summed E-state index contributed by atoms with van der Waals surface area (Å²) >= 11 is 1.32. The van der Waals surface area contributed by atoms with Gasteiger partial charge in [-0.25, -0.2) is 14.5 Å². The fourth-order valence-corrected chi connectivity index (χ4v) is 3.77. The maximum Gasteiger partial charge on any atom is 0.331 e. The van der Waals surface area contributed by atoms with Gasteiger partial charge in [-0.15, -0.1) is 11.3 Å². The quantitative estimate of drug-likeness (QED) is 0.404. The number of aromatic amines is 1. The number of nitrogens with one attached hydrogen (secondary N) is 1. The molecule has 0 amide bonds. The van der Waals surface area contributed by atoms with Crippen LogP contribution in [0.15, 0.2) is 52.6 Å². The minimum absolute atomic E-state index is 0.106. The van der Waals surface area contributed by atoms with Gasteiger partial charge in [0.2, 0.25) is 0 Å². The maximum atomic E-state index is 12.1. The maximum absolute atomic E-state index is 12.1. The van der Waals surface area contributed by atoms with E-state index in [9.17, 15) is 9.59 Å². The molecule has 0 radical (unpaired) electrons. The van der Waals surface area contributed by atoms with Gasteiger partial charge in [-0.1, -0.05) is 18.2 Å². The third-order valence-electron chi connectivity index (χ3n) is 4.45. The minimum atomic E-state index is -0.524. The molecule has 4 rings (SSSR count). The zero-order chi connectivity index (χ0) is 20.4. The normalized spacial score (nSPS) is 11.4. The average Bonchev–Trinajstić information content (AvgIpc) is 3.30. The Hall–Kier alpha value is -3.52. The number of ether oxygens (including phenoxy) is 1. The lowest BCUT2D eigenvalue weighted by Crippen LogP contribution is -2.12. The third kappa shape index (κ3) is 3.88. The molecule has 4 aromatic rings. The molecule has 146 valence electrons. The van der Waals surface area contributed by atoms with Crippen molar-refractivity contribution in [2.75, 3.05) is 0 Å². The van der Waals surface area contributed by atoms with Crippen LogP contribution in [0.5, 0.6) is 0 Å². The molecule has 8 heteroatoms. The number of carbonyl (C=O) groups is 1.